The van der Waals surface area contributed by atoms with Gasteiger partial charge in [0, 0.05) is 12.1 Å². The second-order valence-corrected chi connectivity index (χ2v) is 14.9. The summed E-state index contributed by atoms with van der Waals surface area (Å²) in [4.78, 5) is 5.15. The van der Waals surface area contributed by atoms with E-state index in [1.165, 1.54) is 60.1 Å². The molecule has 10 rings (SSSR count). The van der Waals surface area contributed by atoms with Crippen molar-refractivity contribution in [2.75, 3.05) is 0 Å². The van der Waals surface area contributed by atoms with Crippen molar-refractivity contribution in [3.8, 4) is 33.4 Å². The summed E-state index contributed by atoms with van der Waals surface area (Å²) in [5.41, 5.74) is 17.1. The van der Waals surface area contributed by atoms with E-state index in [4.69, 9.17) is 10.7 Å². The summed E-state index contributed by atoms with van der Waals surface area (Å²) in [6.45, 7) is 0.603. The maximum atomic E-state index is 6.78. The average Bonchev–Trinajstić information content (AvgIpc) is 3.30. The van der Waals surface area contributed by atoms with Crippen LogP contribution in [-0.2, 0) is 6.54 Å². The molecule has 58 heavy (non-hydrogen) atoms. The van der Waals surface area contributed by atoms with E-state index >= 15 is 0 Å². The quantitative estimate of drug-likeness (QED) is 0.0705. The van der Waals surface area contributed by atoms with E-state index in [0.29, 0.717) is 6.54 Å². The molecule has 0 aliphatic carbocycles. The van der Waals surface area contributed by atoms with Crippen molar-refractivity contribution in [1.29, 1.82) is 0 Å². The zero-order chi connectivity index (χ0) is 38.8. The third-order valence-electron chi connectivity index (χ3n) is 11.4. The first kappa shape index (κ1) is 35.1. The Labute approximate surface area is 338 Å². The maximum absolute atomic E-state index is 6.78. The summed E-state index contributed by atoms with van der Waals surface area (Å²) in [6.07, 6.45) is -0.529. The Morgan fingerprint density at radius 3 is 1.78 bits per heavy atom. The molecule has 3 heteroatoms. The van der Waals surface area contributed by atoms with Crippen molar-refractivity contribution in [3.05, 3.63) is 229 Å². The van der Waals surface area contributed by atoms with Crippen molar-refractivity contribution < 1.29 is 0 Å². The number of nitrogens with zero attached hydrogens (tertiary/aromatic N) is 1. The SMILES string of the molecule is NC(N=C(NCc1ccc(-c2ccccc2)cc1)c1ccc(-c2ccc(-c3c4ccccc4cc4c3ccc3ccccc34)cc2)c2ccccc12)c1ccccc1. The van der Waals surface area contributed by atoms with E-state index in [1.54, 1.807) is 0 Å². The molecule has 1 unspecified atom stereocenters. The van der Waals surface area contributed by atoms with E-state index in [9.17, 15) is 0 Å². The molecule has 0 heterocycles. The zero-order valence-corrected chi connectivity index (χ0v) is 32.0. The Bertz CT molecular complexity index is 3100. The van der Waals surface area contributed by atoms with Crippen molar-refractivity contribution in [2.45, 2.75) is 12.7 Å². The lowest BCUT2D eigenvalue weighted by Gasteiger charge is -2.18. The molecule has 0 saturated carbocycles. The largest absolute Gasteiger partial charge is 0.366 e. The van der Waals surface area contributed by atoms with E-state index in [-0.39, 0.29) is 0 Å². The molecule has 0 spiro atoms. The van der Waals surface area contributed by atoms with Crippen molar-refractivity contribution in [1.82, 2.24) is 5.32 Å². The van der Waals surface area contributed by atoms with Gasteiger partial charge in [-0.15, -0.1) is 0 Å². The molecule has 0 aromatic heterocycles. The van der Waals surface area contributed by atoms with Crippen LogP contribution in [0.1, 0.15) is 22.9 Å². The van der Waals surface area contributed by atoms with Crippen molar-refractivity contribution >= 4 is 48.9 Å². The number of amidine groups is 1. The van der Waals surface area contributed by atoms with Crippen LogP contribution >= 0.6 is 0 Å². The number of aliphatic imine (C=N–C) groups is 1. The summed E-state index contributed by atoms with van der Waals surface area (Å²) < 4.78 is 0. The number of hydrogen-bond acceptors (Lipinski definition) is 2. The molecule has 1 atom stereocenters. The molecule has 3 N–H and O–H groups in total. The van der Waals surface area contributed by atoms with Crippen molar-refractivity contribution in [3.63, 3.8) is 0 Å². The Balaban J connectivity index is 1.03. The van der Waals surface area contributed by atoms with Crippen LogP contribution in [0.15, 0.2) is 217 Å². The molecule has 0 amide bonds. The topological polar surface area (TPSA) is 50.4 Å². The number of hydrogen-bond donors (Lipinski definition) is 2. The van der Waals surface area contributed by atoms with Gasteiger partial charge < -0.3 is 11.1 Å². The highest BCUT2D eigenvalue weighted by Gasteiger charge is 2.16. The molecule has 10 aromatic carbocycles. The molecular weight excluding hydrogens is 703 g/mol. The van der Waals surface area contributed by atoms with Crippen molar-refractivity contribution in [2.24, 2.45) is 10.7 Å². The van der Waals surface area contributed by atoms with E-state index < -0.39 is 6.17 Å². The first-order valence-corrected chi connectivity index (χ1v) is 19.9. The lowest BCUT2D eigenvalue weighted by Crippen LogP contribution is -2.26. The van der Waals surface area contributed by atoms with Crippen LogP contribution in [0, 0.1) is 0 Å². The monoisotopic (exact) mass is 743 g/mol. The molecule has 0 fully saturated rings. The van der Waals surface area contributed by atoms with E-state index in [2.05, 4.69) is 181 Å². The minimum atomic E-state index is -0.529. The fraction of sp³-hybridized carbons (Fsp3) is 0.0364. The number of rotatable bonds is 8. The van der Waals surface area contributed by atoms with Gasteiger partial charge in [-0.05, 0) is 93.7 Å². The second kappa shape index (κ2) is 15.3. The standard InChI is InChI=1S/C55H41N3/c56-54(43-16-5-2-6-17-43)58-55(57-36-37-23-25-39(26-24-37)38-13-3-1-4-14-38)51-34-33-46(48-21-11-12-22-49(48)51)41-27-29-42(30-28-41)53-47-20-10-8-18-44(47)35-52-45-19-9-7-15-40(45)31-32-50(52)53/h1-35,54H,36,56H2,(H,57,58). The number of nitrogens with two attached hydrogens (primary N) is 1. The third-order valence-corrected chi connectivity index (χ3v) is 11.4. The minimum absolute atomic E-state index is 0.529. The Morgan fingerprint density at radius 2 is 1.02 bits per heavy atom. The summed E-state index contributed by atoms with van der Waals surface area (Å²) in [6, 6.07) is 75.7. The highest BCUT2D eigenvalue weighted by Crippen LogP contribution is 2.40. The first-order valence-electron chi connectivity index (χ1n) is 19.9. The lowest BCUT2D eigenvalue weighted by atomic mass is 9.88. The number of benzene rings is 10. The zero-order valence-electron chi connectivity index (χ0n) is 32.0. The summed E-state index contributed by atoms with van der Waals surface area (Å²) >= 11 is 0. The van der Waals surface area contributed by atoms with E-state index in [1.807, 2.05) is 36.4 Å². The maximum Gasteiger partial charge on any atom is 0.131 e. The second-order valence-electron chi connectivity index (χ2n) is 14.9. The molecule has 0 aliphatic rings. The number of nitrogens with one attached hydrogen (secondary N) is 1. The molecular formula is C55H41N3. The molecule has 0 saturated heterocycles. The van der Waals surface area contributed by atoms with Gasteiger partial charge in [0.15, 0.2) is 0 Å². The Hall–Kier alpha value is -7.33. The predicted molar refractivity (Wildman–Crippen MR) is 246 cm³/mol. The average molecular weight is 744 g/mol. The van der Waals surface area contributed by atoms with Crippen LogP contribution in [0.5, 0.6) is 0 Å². The molecule has 0 radical (unpaired) electrons. The normalized spacial score (nSPS) is 12.3. The Morgan fingerprint density at radius 1 is 0.431 bits per heavy atom. The van der Waals surface area contributed by atoms with Crippen LogP contribution < -0.4 is 11.1 Å². The van der Waals surface area contributed by atoms with Gasteiger partial charge in [-0.1, -0.05) is 206 Å². The molecule has 276 valence electrons. The number of fused-ring (bicyclic) bond motifs is 5. The summed E-state index contributed by atoms with van der Waals surface area (Å²) in [5.74, 6) is 0.761. The lowest BCUT2D eigenvalue weighted by molar-refractivity contribution is 0.761. The van der Waals surface area contributed by atoms with Gasteiger partial charge in [0.25, 0.3) is 0 Å². The highest BCUT2D eigenvalue weighted by molar-refractivity contribution is 6.20. The van der Waals surface area contributed by atoms with Gasteiger partial charge in [0.1, 0.15) is 12.0 Å². The van der Waals surface area contributed by atoms with Crippen LogP contribution in [-0.4, -0.2) is 5.84 Å². The van der Waals surface area contributed by atoms with Gasteiger partial charge in [0.2, 0.25) is 0 Å². The van der Waals surface area contributed by atoms with Gasteiger partial charge in [-0.25, -0.2) is 4.99 Å². The molecule has 10 aromatic rings. The van der Waals surface area contributed by atoms with Gasteiger partial charge in [-0.3, -0.25) is 0 Å². The van der Waals surface area contributed by atoms with Gasteiger partial charge >= 0.3 is 0 Å². The smallest absolute Gasteiger partial charge is 0.131 e. The Kier molecular flexibility index (Phi) is 9.27. The van der Waals surface area contributed by atoms with Crippen LogP contribution in [0.25, 0.3) is 76.5 Å². The van der Waals surface area contributed by atoms with E-state index in [0.717, 1.165) is 38.9 Å². The minimum Gasteiger partial charge on any atom is -0.366 e. The summed E-state index contributed by atoms with van der Waals surface area (Å²) in [7, 11) is 0. The fourth-order valence-electron chi connectivity index (χ4n) is 8.41. The van der Waals surface area contributed by atoms with Gasteiger partial charge in [0.05, 0.1) is 0 Å². The summed E-state index contributed by atoms with van der Waals surface area (Å²) in [5, 5.41) is 13.5. The fourth-order valence-corrected chi connectivity index (χ4v) is 8.41. The molecule has 3 nitrogen and oxygen atoms in total. The highest BCUT2D eigenvalue weighted by atomic mass is 15.1. The first-order chi connectivity index (χ1) is 28.7. The van der Waals surface area contributed by atoms with Crippen LogP contribution in [0.3, 0.4) is 0 Å². The molecule has 0 bridgehead atoms. The third kappa shape index (κ3) is 6.68. The molecule has 0 aliphatic heterocycles. The van der Waals surface area contributed by atoms with Crippen LogP contribution in [0.4, 0.5) is 0 Å². The predicted octanol–water partition coefficient (Wildman–Crippen LogP) is 13.5. The van der Waals surface area contributed by atoms with Gasteiger partial charge in [-0.2, -0.15) is 0 Å². The van der Waals surface area contributed by atoms with Crippen LogP contribution in [0.2, 0.25) is 0 Å².